The summed E-state index contributed by atoms with van der Waals surface area (Å²) in [5.41, 5.74) is 1.95. The van der Waals surface area contributed by atoms with Crippen LogP contribution in [0.4, 0.5) is 0 Å². The molecule has 6 heteroatoms. The molecule has 3 heterocycles. The summed E-state index contributed by atoms with van der Waals surface area (Å²) in [6.45, 7) is 12.9. The number of carbonyl (C=O) groups is 1. The third-order valence-corrected chi connectivity index (χ3v) is 5.48. The smallest absolute Gasteiger partial charge is 0.237 e. The highest BCUT2D eigenvalue weighted by molar-refractivity contribution is 5.82. The van der Waals surface area contributed by atoms with Crippen molar-refractivity contribution in [3.8, 4) is 0 Å². The molecule has 1 saturated heterocycles. The molecular weight excluding hydrogens is 326 g/mol. The van der Waals surface area contributed by atoms with Gasteiger partial charge in [0.1, 0.15) is 5.65 Å². The first kappa shape index (κ1) is 18.9. The second kappa shape index (κ2) is 7.76. The fourth-order valence-corrected chi connectivity index (χ4v) is 3.29. The maximum atomic E-state index is 12.5. The first-order valence-corrected chi connectivity index (χ1v) is 9.59. The fourth-order valence-electron chi connectivity index (χ4n) is 3.29. The lowest BCUT2D eigenvalue weighted by molar-refractivity contribution is -0.128. The van der Waals surface area contributed by atoms with Gasteiger partial charge in [0.15, 0.2) is 0 Å². The van der Waals surface area contributed by atoms with E-state index in [1.807, 2.05) is 31.3 Å². The van der Waals surface area contributed by atoms with Crippen LogP contribution in [0.25, 0.3) is 5.65 Å². The quantitative estimate of drug-likeness (QED) is 0.861. The van der Waals surface area contributed by atoms with Crippen LogP contribution in [0.3, 0.4) is 0 Å². The van der Waals surface area contributed by atoms with Gasteiger partial charge in [-0.1, -0.05) is 13.0 Å². The Morgan fingerprint density at radius 1 is 1.27 bits per heavy atom. The summed E-state index contributed by atoms with van der Waals surface area (Å²) in [6, 6.07) is 5.97. The predicted molar refractivity (Wildman–Crippen MR) is 104 cm³/mol. The van der Waals surface area contributed by atoms with Gasteiger partial charge in [-0.05, 0) is 39.3 Å². The SMILES string of the molecule is CCC(C)(C)NC(=O)C(C)N1CCN(Cc2cn3ccccc3n2)CC1. The molecule has 0 saturated carbocycles. The van der Waals surface area contributed by atoms with Crippen LogP contribution in [0.15, 0.2) is 30.6 Å². The van der Waals surface area contributed by atoms with Crippen LogP contribution in [0.1, 0.15) is 39.8 Å². The first-order valence-electron chi connectivity index (χ1n) is 9.59. The third kappa shape index (κ3) is 4.43. The van der Waals surface area contributed by atoms with E-state index in [-0.39, 0.29) is 17.5 Å². The van der Waals surface area contributed by atoms with E-state index in [0.717, 1.165) is 50.5 Å². The fraction of sp³-hybridized carbons (Fsp3) is 0.600. The number of hydrogen-bond acceptors (Lipinski definition) is 4. The molecule has 1 unspecified atom stereocenters. The highest BCUT2D eigenvalue weighted by Gasteiger charge is 2.28. The van der Waals surface area contributed by atoms with Crippen molar-refractivity contribution in [2.45, 2.75) is 52.2 Å². The minimum atomic E-state index is -0.143. The number of carbonyl (C=O) groups excluding carboxylic acids is 1. The van der Waals surface area contributed by atoms with Crippen LogP contribution < -0.4 is 5.32 Å². The molecule has 0 spiro atoms. The Labute approximate surface area is 156 Å². The van der Waals surface area contributed by atoms with Crippen molar-refractivity contribution >= 4 is 11.6 Å². The van der Waals surface area contributed by atoms with E-state index in [9.17, 15) is 4.79 Å². The van der Waals surface area contributed by atoms with Gasteiger partial charge < -0.3 is 9.72 Å². The lowest BCUT2D eigenvalue weighted by atomic mass is 10.0. The summed E-state index contributed by atoms with van der Waals surface area (Å²) in [6.07, 6.45) is 5.06. The molecule has 1 fully saturated rings. The molecule has 0 aromatic carbocycles. The molecule has 1 aliphatic rings. The average molecular weight is 358 g/mol. The molecule has 0 aliphatic carbocycles. The number of nitrogens with zero attached hydrogens (tertiary/aromatic N) is 4. The standard InChI is InChI=1S/C20H31N5O/c1-5-20(3,4)22-19(26)16(2)24-12-10-23(11-13-24)14-17-15-25-9-7-6-8-18(25)21-17/h6-9,15-16H,5,10-14H2,1-4H3,(H,22,26). The van der Waals surface area contributed by atoms with E-state index in [2.05, 4.69) is 51.5 Å². The molecule has 142 valence electrons. The van der Waals surface area contributed by atoms with E-state index in [0.29, 0.717) is 0 Å². The molecule has 1 aliphatic heterocycles. The summed E-state index contributed by atoms with van der Waals surface area (Å²) >= 11 is 0. The molecule has 2 aromatic rings. The van der Waals surface area contributed by atoms with E-state index in [4.69, 9.17) is 0 Å². The first-order chi connectivity index (χ1) is 12.4. The minimum absolute atomic E-state index is 0.0850. The van der Waals surface area contributed by atoms with Gasteiger partial charge in [-0.2, -0.15) is 0 Å². The molecule has 2 aromatic heterocycles. The number of piperazine rings is 1. The number of imidazole rings is 1. The highest BCUT2D eigenvalue weighted by atomic mass is 16.2. The molecule has 3 rings (SSSR count). The van der Waals surface area contributed by atoms with Crippen molar-refractivity contribution < 1.29 is 4.79 Å². The van der Waals surface area contributed by atoms with Crippen molar-refractivity contribution in [3.05, 3.63) is 36.3 Å². The van der Waals surface area contributed by atoms with E-state index >= 15 is 0 Å². The third-order valence-electron chi connectivity index (χ3n) is 5.48. The van der Waals surface area contributed by atoms with E-state index < -0.39 is 0 Å². The Morgan fingerprint density at radius 2 is 2.00 bits per heavy atom. The van der Waals surface area contributed by atoms with Gasteiger partial charge in [-0.25, -0.2) is 4.98 Å². The molecule has 1 N–H and O–H groups in total. The number of rotatable bonds is 6. The van der Waals surface area contributed by atoms with Gasteiger partial charge in [0.05, 0.1) is 11.7 Å². The summed E-state index contributed by atoms with van der Waals surface area (Å²) in [5.74, 6) is 0.130. The zero-order valence-corrected chi connectivity index (χ0v) is 16.4. The lowest BCUT2D eigenvalue weighted by Gasteiger charge is -2.38. The lowest BCUT2D eigenvalue weighted by Crippen LogP contribution is -2.56. The molecule has 0 radical (unpaired) electrons. The monoisotopic (exact) mass is 357 g/mol. The van der Waals surface area contributed by atoms with Crippen LogP contribution in [0.5, 0.6) is 0 Å². The van der Waals surface area contributed by atoms with Gasteiger partial charge in [-0.15, -0.1) is 0 Å². The summed E-state index contributed by atoms with van der Waals surface area (Å²) in [5, 5.41) is 3.16. The van der Waals surface area contributed by atoms with E-state index in [1.54, 1.807) is 0 Å². The Kier molecular flexibility index (Phi) is 5.63. The number of hydrogen-bond donors (Lipinski definition) is 1. The van der Waals surface area contributed by atoms with Crippen molar-refractivity contribution in [1.29, 1.82) is 0 Å². The zero-order valence-electron chi connectivity index (χ0n) is 16.4. The Hall–Kier alpha value is -1.92. The summed E-state index contributed by atoms with van der Waals surface area (Å²) < 4.78 is 2.06. The van der Waals surface area contributed by atoms with Crippen LogP contribution in [-0.4, -0.2) is 62.9 Å². The average Bonchev–Trinajstić information content (AvgIpc) is 3.03. The molecular formula is C20H31N5O. The van der Waals surface area contributed by atoms with Crippen molar-refractivity contribution in [2.24, 2.45) is 0 Å². The number of aromatic nitrogens is 2. The van der Waals surface area contributed by atoms with Crippen LogP contribution in [-0.2, 0) is 11.3 Å². The van der Waals surface area contributed by atoms with Crippen LogP contribution >= 0.6 is 0 Å². The summed E-state index contributed by atoms with van der Waals surface area (Å²) in [7, 11) is 0. The topological polar surface area (TPSA) is 52.9 Å². The highest BCUT2D eigenvalue weighted by Crippen LogP contribution is 2.13. The van der Waals surface area contributed by atoms with Crippen molar-refractivity contribution in [2.75, 3.05) is 26.2 Å². The number of pyridine rings is 1. The molecule has 26 heavy (non-hydrogen) atoms. The Morgan fingerprint density at radius 3 is 2.65 bits per heavy atom. The maximum absolute atomic E-state index is 12.5. The van der Waals surface area contributed by atoms with Gasteiger partial charge >= 0.3 is 0 Å². The molecule has 6 nitrogen and oxygen atoms in total. The van der Waals surface area contributed by atoms with Crippen LogP contribution in [0.2, 0.25) is 0 Å². The van der Waals surface area contributed by atoms with Crippen molar-refractivity contribution in [1.82, 2.24) is 24.5 Å². The summed E-state index contributed by atoms with van der Waals surface area (Å²) in [4.78, 5) is 21.9. The largest absolute Gasteiger partial charge is 0.350 e. The van der Waals surface area contributed by atoms with Crippen molar-refractivity contribution in [3.63, 3.8) is 0 Å². The second-order valence-electron chi connectivity index (χ2n) is 7.91. The van der Waals surface area contributed by atoms with Gasteiger partial charge in [0, 0.05) is 50.7 Å². The van der Waals surface area contributed by atoms with Gasteiger partial charge in [0.25, 0.3) is 0 Å². The minimum Gasteiger partial charge on any atom is -0.350 e. The molecule has 0 bridgehead atoms. The second-order valence-corrected chi connectivity index (χ2v) is 7.91. The number of nitrogens with one attached hydrogen (secondary N) is 1. The normalized spacial score (nSPS) is 18.2. The van der Waals surface area contributed by atoms with Gasteiger partial charge in [0.2, 0.25) is 5.91 Å². The molecule has 1 atom stereocenters. The number of amides is 1. The van der Waals surface area contributed by atoms with E-state index in [1.165, 1.54) is 0 Å². The Bertz CT molecular complexity index is 712. The predicted octanol–water partition coefficient (Wildman–Crippen LogP) is 2.15. The maximum Gasteiger partial charge on any atom is 0.237 e. The van der Waals surface area contributed by atoms with Gasteiger partial charge in [-0.3, -0.25) is 14.6 Å². The molecule has 1 amide bonds. The number of fused-ring (bicyclic) bond motifs is 1. The Balaban J connectivity index is 1.51. The zero-order chi connectivity index (χ0) is 18.7. The van der Waals surface area contributed by atoms with Crippen LogP contribution in [0, 0.1) is 0 Å².